The highest BCUT2D eigenvalue weighted by atomic mass is 16.1. The van der Waals surface area contributed by atoms with Gasteiger partial charge in [0.1, 0.15) is 0 Å². The number of carbonyl (C=O) groups excluding carboxylic acids is 1. The molecule has 0 heterocycles. The van der Waals surface area contributed by atoms with Crippen molar-refractivity contribution in [3.8, 4) is 0 Å². The predicted molar refractivity (Wildman–Crippen MR) is 39.4 cm³/mol. The third-order valence-electron chi connectivity index (χ3n) is 0.211. The zero-order valence-electron chi connectivity index (χ0n) is 6.88. The van der Waals surface area contributed by atoms with Crippen LogP contribution in [0.15, 0.2) is 0 Å². The molecule has 56 valence electrons. The van der Waals surface area contributed by atoms with Crippen molar-refractivity contribution < 1.29 is 4.79 Å². The summed E-state index contributed by atoms with van der Waals surface area (Å²) >= 11 is 0. The van der Waals surface area contributed by atoms with Gasteiger partial charge in [-0.25, -0.2) is 0 Å². The van der Waals surface area contributed by atoms with Gasteiger partial charge in [-0.15, -0.1) is 0 Å². The van der Waals surface area contributed by atoms with Crippen LogP contribution in [0.5, 0.6) is 0 Å². The predicted octanol–water partition coefficient (Wildman–Crippen LogP) is -0.118. The summed E-state index contributed by atoms with van der Waals surface area (Å²) in [5, 5.41) is 0. The Kier molecular flexibility index (Phi) is 9.29. The van der Waals surface area contributed by atoms with Gasteiger partial charge in [0.25, 0.3) is 0 Å². The van der Waals surface area contributed by atoms with Crippen LogP contribution in [0.3, 0.4) is 0 Å². The lowest BCUT2D eigenvalue weighted by Crippen LogP contribution is -2.06. The summed E-state index contributed by atoms with van der Waals surface area (Å²) in [7, 11) is 9.38. The highest BCUT2D eigenvalue weighted by molar-refractivity contribution is 5.45. The van der Waals surface area contributed by atoms with E-state index < -0.39 is 0 Å². The van der Waals surface area contributed by atoms with Gasteiger partial charge in [-0.05, 0) is 21.1 Å². The second kappa shape index (κ2) is 7.43. The van der Waals surface area contributed by atoms with Crippen molar-refractivity contribution in [2.75, 3.05) is 35.2 Å². The van der Waals surface area contributed by atoms with E-state index >= 15 is 0 Å². The highest BCUT2D eigenvalue weighted by Crippen LogP contribution is 1.52. The van der Waals surface area contributed by atoms with Crippen molar-refractivity contribution in [3.63, 3.8) is 0 Å². The Labute approximate surface area is 57.3 Å². The second-order valence-electron chi connectivity index (χ2n) is 2.41. The van der Waals surface area contributed by atoms with Gasteiger partial charge >= 0.3 is 0 Å². The van der Waals surface area contributed by atoms with Crippen LogP contribution in [0.1, 0.15) is 0 Å². The molecule has 0 N–H and O–H groups in total. The molecule has 0 aliphatic rings. The van der Waals surface area contributed by atoms with Gasteiger partial charge in [0.05, 0.1) is 0 Å². The van der Waals surface area contributed by atoms with Crippen LogP contribution in [0.25, 0.3) is 0 Å². The van der Waals surface area contributed by atoms with Gasteiger partial charge in [0.15, 0.2) is 0 Å². The van der Waals surface area contributed by atoms with Crippen LogP contribution in [-0.4, -0.2) is 51.4 Å². The van der Waals surface area contributed by atoms with Crippen molar-refractivity contribution in [2.45, 2.75) is 0 Å². The average Bonchev–Trinajstić information content (AvgIpc) is 1.65. The fourth-order valence-electron chi connectivity index (χ4n) is 0. The lowest BCUT2D eigenvalue weighted by Gasteiger charge is -1.93. The van der Waals surface area contributed by atoms with Crippen LogP contribution in [0.4, 0.5) is 0 Å². The van der Waals surface area contributed by atoms with E-state index in [0.717, 1.165) is 6.41 Å². The molecule has 0 aromatic heterocycles. The largest absolute Gasteiger partial charge is 0.351 e. The minimum absolute atomic E-state index is 0.750. The molecule has 0 rings (SSSR count). The Balaban J connectivity index is 0. The number of carbonyl (C=O) groups is 1. The van der Waals surface area contributed by atoms with Gasteiger partial charge < -0.3 is 9.80 Å². The van der Waals surface area contributed by atoms with Gasteiger partial charge in [0, 0.05) is 14.1 Å². The summed E-state index contributed by atoms with van der Waals surface area (Å²) in [6.07, 6.45) is 0.750. The fourth-order valence-corrected chi connectivity index (χ4v) is 0. The first-order valence-corrected chi connectivity index (χ1v) is 2.73. The molecule has 3 heteroatoms. The molecule has 0 atom stereocenters. The Hall–Kier alpha value is -0.570. The smallest absolute Gasteiger partial charge is 0.209 e. The molecule has 0 bridgehead atoms. The molecule has 1 amide bonds. The summed E-state index contributed by atoms with van der Waals surface area (Å²) in [5.41, 5.74) is 0. The molecule has 0 aliphatic heterocycles. The Morgan fingerprint density at radius 1 is 1.00 bits per heavy atom. The van der Waals surface area contributed by atoms with Crippen LogP contribution >= 0.6 is 0 Å². The van der Waals surface area contributed by atoms with E-state index in [0.29, 0.717) is 0 Å². The first-order chi connectivity index (χ1) is 4.00. The van der Waals surface area contributed by atoms with Crippen molar-refractivity contribution >= 4 is 6.41 Å². The molecular weight excluding hydrogens is 116 g/mol. The second-order valence-corrected chi connectivity index (χ2v) is 2.41. The standard InChI is InChI=1S/C3H7NO.C3H9N/c1-4(2)3-5;1-4(2)3/h3H,1-2H3;1-3H3. The maximum Gasteiger partial charge on any atom is 0.209 e. The molecule has 0 aliphatic carbocycles. The summed E-state index contributed by atoms with van der Waals surface area (Å²) in [5.74, 6) is 0. The molecule has 0 aromatic carbocycles. The quantitative estimate of drug-likeness (QED) is 0.464. The first kappa shape index (κ1) is 11.3. The Bertz CT molecular complexity index is 59.3. The Morgan fingerprint density at radius 3 is 1.11 bits per heavy atom. The van der Waals surface area contributed by atoms with E-state index in [9.17, 15) is 4.79 Å². The van der Waals surface area contributed by atoms with Gasteiger partial charge in [-0.2, -0.15) is 0 Å². The molecular formula is C6H16N2O. The van der Waals surface area contributed by atoms with Crippen LogP contribution in [-0.2, 0) is 4.79 Å². The Morgan fingerprint density at radius 2 is 1.11 bits per heavy atom. The summed E-state index contributed by atoms with van der Waals surface area (Å²) in [6, 6.07) is 0. The monoisotopic (exact) mass is 132 g/mol. The van der Waals surface area contributed by atoms with Crippen molar-refractivity contribution in [1.82, 2.24) is 9.80 Å². The lowest BCUT2D eigenvalue weighted by molar-refractivity contribution is -0.115. The molecule has 3 nitrogen and oxygen atoms in total. The number of hydrogen-bond acceptors (Lipinski definition) is 2. The summed E-state index contributed by atoms with van der Waals surface area (Å²) in [4.78, 5) is 12.9. The van der Waals surface area contributed by atoms with E-state index in [4.69, 9.17) is 0 Å². The topological polar surface area (TPSA) is 23.6 Å². The molecule has 0 unspecified atom stereocenters. The average molecular weight is 132 g/mol. The van der Waals surface area contributed by atoms with E-state index in [1.165, 1.54) is 4.90 Å². The third-order valence-corrected chi connectivity index (χ3v) is 0.211. The van der Waals surface area contributed by atoms with Crippen molar-refractivity contribution in [1.29, 1.82) is 0 Å². The number of amides is 1. The van der Waals surface area contributed by atoms with Crippen molar-refractivity contribution in [3.05, 3.63) is 0 Å². The number of nitrogens with zero attached hydrogens (tertiary/aromatic N) is 2. The molecule has 0 radical (unpaired) electrons. The molecule has 0 saturated heterocycles. The first-order valence-electron chi connectivity index (χ1n) is 2.73. The number of rotatable bonds is 1. The molecule has 0 fully saturated rings. The zero-order chi connectivity index (χ0) is 7.86. The van der Waals surface area contributed by atoms with E-state index in [2.05, 4.69) is 0 Å². The molecule has 0 aromatic rings. The molecule has 0 spiro atoms. The lowest BCUT2D eigenvalue weighted by atomic mass is 11.0. The molecule has 9 heavy (non-hydrogen) atoms. The minimum atomic E-state index is 0.750. The summed E-state index contributed by atoms with van der Waals surface area (Å²) < 4.78 is 0. The van der Waals surface area contributed by atoms with Gasteiger partial charge in [-0.3, -0.25) is 4.79 Å². The van der Waals surface area contributed by atoms with Crippen LogP contribution < -0.4 is 0 Å². The molecule has 0 saturated carbocycles. The fraction of sp³-hybridized carbons (Fsp3) is 0.833. The SMILES string of the molecule is CN(C)C.CN(C)C=O. The maximum atomic E-state index is 9.43. The third kappa shape index (κ3) is 107. The van der Waals surface area contributed by atoms with Crippen LogP contribution in [0, 0.1) is 0 Å². The van der Waals surface area contributed by atoms with Crippen LogP contribution in [0.2, 0.25) is 0 Å². The van der Waals surface area contributed by atoms with E-state index in [1.54, 1.807) is 14.1 Å². The summed E-state index contributed by atoms with van der Waals surface area (Å²) in [6.45, 7) is 0. The normalized spacial score (nSPS) is 7.78. The minimum Gasteiger partial charge on any atom is -0.351 e. The number of hydrogen-bond donors (Lipinski definition) is 0. The van der Waals surface area contributed by atoms with E-state index in [-0.39, 0.29) is 0 Å². The van der Waals surface area contributed by atoms with E-state index in [1.807, 2.05) is 26.0 Å². The maximum absolute atomic E-state index is 9.43. The van der Waals surface area contributed by atoms with Crippen molar-refractivity contribution in [2.24, 2.45) is 0 Å². The van der Waals surface area contributed by atoms with Gasteiger partial charge in [-0.1, -0.05) is 0 Å². The van der Waals surface area contributed by atoms with Gasteiger partial charge in [0.2, 0.25) is 6.41 Å². The highest BCUT2D eigenvalue weighted by Gasteiger charge is 1.68. The zero-order valence-corrected chi connectivity index (χ0v) is 6.88.